The highest BCUT2D eigenvalue weighted by Gasteiger charge is 2.30. The summed E-state index contributed by atoms with van der Waals surface area (Å²) in [4.78, 5) is 35.9. The SMILES string of the molecule is COCCC(=O)N1CCCC[C@H]1c1ncc(C(=O)NCc2ccc(F)cc2)c(C)n1. The van der Waals surface area contributed by atoms with Gasteiger partial charge in [0.05, 0.1) is 30.3 Å². The third-order valence-corrected chi connectivity index (χ3v) is 5.25. The lowest BCUT2D eigenvalue weighted by Crippen LogP contribution is -2.39. The molecule has 2 amide bonds. The Morgan fingerprint density at radius 1 is 1.27 bits per heavy atom. The molecule has 0 spiro atoms. The number of likely N-dealkylation sites (tertiary alicyclic amines) is 1. The number of piperidine rings is 1. The molecule has 1 aliphatic rings. The molecule has 7 nitrogen and oxygen atoms in total. The highest BCUT2D eigenvalue weighted by Crippen LogP contribution is 2.29. The second-order valence-electron chi connectivity index (χ2n) is 7.38. The third-order valence-electron chi connectivity index (χ3n) is 5.25. The fourth-order valence-electron chi connectivity index (χ4n) is 3.58. The van der Waals surface area contributed by atoms with Crippen LogP contribution in [0, 0.1) is 12.7 Å². The van der Waals surface area contributed by atoms with Crippen LogP contribution in [0.4, 0.5) is 4.39 Å². The van der Waals surface area contributed by atoms with Gasteiger partial charge >= 0.3 is 0 Å². The molecule has 1 atom stereocenters. The van der Waals surface area contributed by atoms with E-state index >= 15 is 0 Å². The van der Waals surface area contributed by atoms with E-state index in [0.717, 1.165) is 24.8 Å². The minimum atomic E-state index is -0.317. The summed E-state index contributed by atoms with van der Waals surface area (Å²) in [5, 5.41) is 2.80. The zero-order chi connectivity index (χ0) is 21.5. The number of amides is 2. The third kappa shape index (κ3) is 5.38. The largest absolute Gasteiger partial charge is 0.384 e. The number of methoxy groups -OCH3 is 1. The first-order valence-corrected chi connectivity index (χ1v) is 10.1. The van der Waals surface area contributed by atoms with Crippen LogP contribution >= 0.6 is 0 Å². The van der Waals surface area contributed by atoms with Crippen molar-refractivity contribution in [1.82, 2.24) is 20.2 Å². The van der Waals surface area contributed by atoms with E-state index in [4.69, 9.17) is 4.74 Å². The zero-order valence-corrected chi connectivity index (χ0v) is 17.4. The topological polar surface area (TPSA) is 84.4 Å². The van der Waals surface area contributed by atoms with Gasteiger partial charge in [0.2, 0.25) is 5.91 Å². The smallest absolute Gasteiger partial charge is 0.254 e. The molecule has 0 saturated carbocycles. The average molecular weight is 414 g/mol. The molecule has 0 radical (unpaired) electrons. The van der Waals surface area contributed by atoms with Crippen LogP contribution in [0.1, 0.15) is 59.2 Å². The fourth-order valence-corrected chi connectivity index (χ4v) is 3.58. The molecule has 1 N–H and O–H groups in total. The van der Waals surface area contributed by atoms with Gasteiger partial charge in [-0.3, -0.25) is 9.59 Å². The molecule has 8 heteroatoms. The van der Waals surface area contributed by atoms with Crippen molar-refractivity contribution in [2.24, 2.45) is 0 Å². The minimum Gasteiger partial charge on any atom is -0.384 e. The summed E-state index contributed by atoms with van der Waals surface area (Å²) in [6.45, 7) is 3.10. The van der Waals surface area contributed by atoms with Crippen LogP contribution in [-0.4, -0.2) is 46.9 Å². The molecule has 30 heavy (non-hydrogen) atoms. The van der Waals surface area contributed by atoms with Crippen LogP contribution < -0.4 is 5.32 Å². The molecule has 3 rings (SSSR count). The molecular formula is C22H27FN4O3. The monoisotopic (exact) mass is 414 g/mol. The van der Waals surface area contributed by atoms with Crippen molar-refractivity contribution in [2.75, 3.05) is 20.3 Å². The van der Waals surface area contributed by atoms with Crippen molar-refractivity contribution in [3.05, 3.63) is 58.9 Å². The normalized spacial score (nSPS) is 16.4. The van der Waals surface area contributed by atoms with Crippen molar-refractivity contribution < 1.29 is 18.7 Å². The van der Waals surface area contributed by atoms with Gasteiger partial charge in [-0.25, -0.2) is 14.4 Å². The lowest BCUT2D eigenvalue weighted by molar-refractivity contribution is -0.136. The highest BCUT2D eigenvalue weighted by atomic mass is 19.1. The quantitative estimate of drug-likeness (QED) is 0.753. The summed E-state index contributed by atoms with van der Waals surface area (Å²) in [6, 6.07) is 5.78. The number of aryl methyl sites for hydroxylation is 1. The van der Waals surface area contributed by atoms with Crippen molar-refractivity contribution in [2.45, 2.75) is 45.2 Å². The summed E-state index contributed by atoms with van der Waals surface area (Å²) < 4.78 is 18.0. The maximum Gasteiger partial charge on any atom is 0.254 e. The molecule has 1 aliphatic heterocycles. The molecule has 0 unspecified atom stereocenters. The van der Waals surface area contributed by atoms with Gasteiger partial charge in [-0.2, -0.15) is 0 Å². The van der Waals surface area contributed by atoms with Gasteiger partial charge in [0.1, 0.15) is 5.82 Å². The van der Waals surface area contributed by atoms with Crippen molar-refractivity contribution >= 4 is 11.8 Å². The summed E-state index contributed by atoms with van der Waals surface area (Å²) in [7, 11) is 1.58. The number of halogens is 1. The van der Waals surface area contributed by atoms with Gasteiger partial charge in [-0.05, 0) is 43.9 Å². The second-order valence-corrected chi connectivity index (χ2v) is 7.38. The number of aromatic nitrogens is 2. The Hall–Kier alpha value is -2.87. The lowest BCUT2D eigenvalue weighted by atomic mass is 10.0. The molecule has 2 heterocycles. The van der Waals surface area contributed by atoms with E-state index in [1.54, 1.807) is 26.2 Å². The summed E-state index contributed by atoms with van der Waals surface area (Å²) in [5.41, 5.74) is 1.74. The Labute approximate surface area is 175 Å². The molecule has 1 fully saturated rings. The first kappa shape index (κ1) is 21.8. The van der Waals surface area contributed by atoms with E-state index in [1.807, 2.05) is 4.90 Å². The molecule has 1 saturated heterocycles. The maximum atomic E-state index is 13.0. The van der Waals surface area contributed by atoms with Crippen molar-refractivity contribution in [3.8, 4) is 0 Å². The summed E-state index contributed by atoms with van der Waals surface area (Å²) >= 11 is 0. The molecular weight excluding hydrogens is 387 g/mol. The van der Waals surface area contributed by atoms with Crippen LogP contribution in [0.15, 0.2) is 30.5 Å². The number of carbonyl (C=O) groups excluding carboxylic acids is 2. The second kappa shape index (κ2) is 10.2. The number of hydrogen-bond donors (Lipinski definition) is 1. The van der Waals surface area contributed by atoms with Gasteiger partial charge in [-0.15, -0.1) is 0 Å². The molecule has 2 aromatic rings. The predicted octanol–water partition coefficient (Wildman–Crippen LogP) is 2.94. The number of hydrogen-bond acceptors (Lipinski definition) is 5. The highest BCUT2D eigenvalue weighted by molar-refractivity contribution is 5.94. The molecule has 1 aromatic carbocycles. The Bertz CT molecular complexity index is 888. The number of nitrogens with one attached hydrogen (secondary N) is 1. The van der Waals surface area contributed by atoms with E-state index in [2.05, 4.69) is 15.3 Å². The van der Waals surface area contributed by atoms with Gasteiger partial charge in [0.15, 0.2) is 5.82 Å². The van der Waals surface area contributed by atoms with Crippen LogP contribution in [0.25, 0.3) is 0 Å². The van der Waals surface area contributed by atoms with Crippen molar-refractivity contribution in [1.29, 1.82) is 0 Å². The van der Waals surface area contributed by atoms with Gasteiger partial charge in [-0.1, -0.05) is 12.1 Å². The average Bonchev–Trinajstić information content (AvgIpc) is 2.76. The van der Waals surface area contributed by atoms with E-state index in [-0.39, 0.29) is 30.2 Å². The minimum absolute atomic E-state index is 0.0314. The van der Waals surface area contributed by atoms with Gasteiger partial charge < -0.3 is 15.0 Å². The molecule has 1 aromatic heterocycles. The van der Waals surface area contributed by atoms with Crippen LogP contribution in [-0.2, 0) is 16.1 Å². The maximum absolute atomic E-state index is 13.0. The van der Waals surface area contributed by atoms with Gasteiger partial charge in [0.25, 0.3) is 5.91 Å². The molecule has 0 bridgehead atoms. The number of benzene rings is 1. The number of nitrogens with zero attached hydrogens (tertiary/aromatic N) is 3. The Kier molecular flexibility index (Phi) is 7.46. The van der Waals surface area contributed by atoms with Crippen LogP contribution in [0.2, 0.25) is 0 Å². The number of ether oxygens (including phenoxy) is 1. The molecule has 0 aliphatic carbocycles. The van der Waals surface area contributed by atoms with E-state index < -0.39 is 0 Å². The Morgan fingerprint density at radius 2 is 2.03 bits per heavy atom. The van der Waals surface area contributed by atoms with E-state index in [1.165, 1.54) is 18.3 Å². The van der Waals surface area contributed by atoms with Crippen molar-refractivity contribution in [3.63, 3.8) is 0 Å². The van der Waals surface area contributed by atoms with Crippen LogP contribution in [0.5, 0.6) is 0 Å². The fraction of sp³-hybridized carbons (Fsp3) is 0.455. The van der Waals surface area contributed by atoms with Crippen LogP contribution in [0.3, 0.4) is 0 Å². The summed E-state index contributed by atoms with van der Waals surface area (Å²) in [5.74, 6) is -0.0145. The number of carbonyl (C=O) groups is 2. The first-order valence-electron chi connectivity index (χ1n) is 10.1. The molecule has 160 valence electrons. The Morgan fingerprint density at radius 3 is 2.73 bits per heavy atom. The van der Waals surface area contributed by atoms with Gasteiger partial charge in [0, 0.05) is 26.4 Å². The van der Waals surface area contributed by atoms with E-state index in [0.29, 0.717) is 36.7 Å². The standard InChI is InChI=1S/C22H27FN4O3/c1-15-18(22(29)25-13-16-6-8-17(23)9-7-16)14-24-21(26-15)19-5-3-4-11-27(19)20(28)10-12-30-2/h6-9,14,19H,3-5,10-13H2,1-2H3,(H,25,29)/t19-/m0/s1. The Balaban J connectivity index is 1.69. The first-order chi connectivity index (χ1) is 14.5. The zero-order valence-electron chi connectivity index (χ0n) is 17.4. The predicted molar refractivity (Wildman–Crippen MR) is 109 cm³/mol. The summed E-state index contributed by atoms with van der Waals surface area (Å²) in [6.07, 6.45) is 4.60. The lowest BCUT2D eigenvalue weighted by Gasteiger charge is -2.35. The number of rotatable bonds is 7. The van der Waals surface area contributed by atoms with E-state index in [9.17, 15) is 14.0 Å².